The molecule has 0 radical (unpaired) electrons. The zero-order valence-corrected chi connectivity index (χ0v) is 19.8. The van der Waals surface area contributed by atoms with Gasteiger partial charge in [-0.2, -0.15) is 13.2 Å². The minimum absolute atomic E-state index is 0.0485. The highest BCUT2D eigenvalue weighted by atomic mass is 19.4. The highest BCUT2D eigenvalue weighted by Gasteiger charge is 2.47. The number of para-hydroxylation sites is 1. The number of carbonyl (C=O) groups is 2. The van der Waals surface area contributed by atoms with Crippen molar-refractivity contribution < 1.29 is 46.1 Å². The maximum atomic E-state index is 14.6. The van der Waals surface area contributed by atoms with E-state index in [1.165, 1.54) is 12.0 Å². The molecule has 198 valence electrons. The van der Waals surface area contributed by atoms with Crippen LogP contribution in [0.3, 0.4) is 0 Å². The monoisotopic (exact) mass is 526 g/mol. The van der Waals surface area contributed by atoms with Crippen LogP contribution in [0.5, 0.6) is 11.6 Å². The van der Waals surface area contributed by atoms with Crippen LogP contribution in [0.2, 0.25) is 0 Å². The van der Waals surface area contributed by atoms with Crippen molar-refractivity contribution in [2.45, 2.75) is 31.5 Å². The number of amides is 1. The average Bonchev–Trinajstić information content (AvgIpc) is 2.84. The van der Waals surface area contributed by atoms with E-state index in [-0.39, 0.29) is 24.9 Å². The Hall–Kier alpha value is -3.96. The minimum Gasteiger partial charge on any atom is -0.497 e. The third-order valence-corrected chi connectivity index (χ3v) is 5.47. The summed E-state index contributed by atoms with van der Waals surface area (Å²) in [4.78, 5) is 27.6. The summed E-state index contributed by atoms with van der Waals surface area (Å²) in [5, 5.41) is 8.02. The fourth-order valence-corrected chi connectivity index (χ4v) is 3.61. The van der Waals surface area contributed by atoms with Gasteiger partial charge in [0.15, 0.2) is 6.10 Å². The average molecular weight is 526 g/mol. The van der Waals surface area contributed by atoms with Crippen LogP contribution in [-0.2, 0) is 4.79 Å². The fraction of sp³-hybridized carbons (Fsp3) is 0.320. The molecular weight excluding hydrogens is 503 g/mol. The van der Waals surface area contributed by atoms with Gasteiger partial charge in [0.05, 0.1) is 19.2 Å². The highest BCUT2D eigenvalue weighted by Crippen LogP contribution is 2.32. The van der Waals surface area contributed by atoms with E-state index in [1.54, 1.807) is 36.4 Å². The van der Waals surface area contributed by atoms with Crippen LogP contribution in [0.1, 0.15) is 22.3 Å². The first kappa shape index (κ1) is 27.6. The van der Waals surface area contributed by atoms with E-state index in [1.807, 2.05) is 25.1 Å². The summed E-state index contributed by atoms with van der Waals surface area (Å²) in [6.07, 6.45) is -7.03. The number of hydrogen-bond donors (Lipinski definition) is 1. The summed E-state index contributed by atoms with van der Waals surface area (Å²) in [5.41, 5.74) is 1.92. The number of ether oxygens (including phenoxy) is 2. The number of pyridine rings is 1. The number of piperidine rings is 1. The van der Waals surface area contributed by atoms with Crippen LogP contribution < -0.4 is 9.47 Å². The standard InChI is InChI=1S/C23H22F2N2O3.C2HF3O2/c1-15-11-17(13-18(12-15)29-2)22(28)27-10-9-23(24,25)20(14-27)30-21-8-7-16-5-3-4-6-19(16)26-21;3-2(4,5)1(6)7/h3-8,11-13,20H,9-10,14H2,1-2H3;(H,6,7). The number of aliphatic carboxylic acids is 1. The Balaban J connectivity index is 0.000000479. The lowest BCUT2D eigenvalue weighted by Crippen LogP contribution is -2.55. The normalized spacial score (nSPS) is 16.9. The van der Waals surface area contributed by atoms with E-state index < -0.39 is 30.6 Å². The molecule has 1 aromatic heterocycles. The van der Waals surface area contributed by atoms with Gasteiger partial charge >= 0.3 is 12.1 Å². The summed E-state index contributed by atoms with van der Waals surface area (Å²) in [6, 6.07) is 15.9. The van der Waals surface area contributed by atoms with E-state index in [9.17, 15) is 26.7 Å². The maximum absolute atomic E-state index is 14.6. The van der Waals surface area contributed by atoms with Gasteiger partial charge in [0.25, 0.3) is 11.8 Å². The Kier molecular flexibility index (Phi) is 8.19. The molecule has 0 bridgehead atoms. The van der Waals surface area contributed by atoms with Gasteiger partial charge in [-0.1, -0.05) is 18.2 Å². The van der Waals surface area contributed by atoms with Gasteiger partial charge < -0.3 is 19.5 Å². The molecule has 1 saturated heterocycles. The summed E-state index contributed by atoms with van der Waals surface area (Å²) >= 11 is 0. The molecular formula is C25H23F5N2O5. The van der Waals surface area contributed by atoms with Crippen molar-refractivity contribution >= 4 is 22.8 Å². The molecule has 2 aromatic carbocycles. The summed E-state index contributed by atoms with van der Waals surface area (Å²) in [7, 11) is 1.52. The van der Waals surface area contributed by atoms with Crippen LogP contribution in [0.4, 0.5) is 22.0 Å². The van der Waals surface area contributed by atoms with Crippen LogP contribution in [-0.4, -0.2) is 65.3 Å². The molecule has 1 atom stereocenters. The number of likely N-dealkylation sites (tertiary alicyclic amines) is 1. The van der Waals surface area contributed by atoms with Gasteiger partial charge in [0, 0.05) is 30.0 Å². The Labute approximate surface area is 208 Å². The first-order chi connectivity index (χ1) is 17.3. The predicted molar refractivity (Wildman–Crippen MR) is 123 cm³/mol. The molecule has 0 aliphatic carbocycles. The smallest absolute Gasteiger partial charge is 0.490 e. The number of hydrogen-bond acceptors (Lipinski definition) is 5. The van der Waals surface area contributed by atoms with Crippen LogP contribution >= 0.6 is 0 Å². The van der Waals surface area contributed by atoms with Crippen molar-refractivity contribution in [3.8, 4) is 11.6 Å². The number of aromatic nitrogens is 1. The second-order valence-electron chi connectivity index (χ2n) is 8.25. The molecule has 7 nitrogen and oxygen atoms in total. The van der Waals surface area contributed by atoms with Crippen LogP contribution in [0, 0.1) is 6.92 Å². The Bertz CT molecular complexity index is 1280. The Morgan fingerprint density at radius 3 is 2.43 bits per heavy atom. The topological polar surface area (TPSA) is 89.0 Å². The molecule has 37 heavy (non-hydrogen) atoms. The number of rotatable bonds is 4. The number of carbonyl (C=O) groups excluding carboxylic acids is 1. The van der Waals surface area contributed by atoms with Gasteiger partial charge in [-0.15, -0.1) is 0 Å². The Morgan fingerprint density at radius 2 is 1.78 bits per heavy atom. The van der Waals surface area contributed by atoms with E-state index >= 15 is 0 Å². The summed E-state index contributed by atoms with van der Waals surface area (Å²) < 4.78 is 71.7. The third-order valence-electron chi connectivity index (χ3n) is 5.47. The SMILES string of the molecule is COc1cc(C)cc(C(=O)N2CCC(F)(F)C(Oc3ccc4ccccc4n3)C2)c1.O=C(O)C(F)(F)F. The molecule has 1 fully saturated rings. The molecule has 0 saturated carbocycles. The molecule has 1 aliphatic heterocycles. The van der Waals surface area contributed by atoms with E-state index in [0.717, 1.165) is 10.9 Å². The van der Waals surface area contributed by atoms with Crippen molar-refractivity contribution in [3.05, 3.63) is 65.7 Å². The van der Waals surface area contributed by atoms with Crippen molar-refractivity contribution in [1.82, 2.24) is 9.88 Å². The molecule has 0 spiro atoms. The second kappa shape index (κ2) is 11.0. The molecule has 4 rings (SSSR count). The third kappa shape index (κ3) is 7.05. The van der Waals surface area contributed by atoms with Crippen molar-refractivity contribution in [2.75, 3.05) is 20.2 Å². The number of aryl methyl sites for hydroxylation is 1. The first-order valence-electron chi connectivity index (χ1n) is 11.0. The lowest BCUT2D eigenvalue weighted by atomic mass is 10.0. The minimum atomic E-state index is -5.08. The van der Waals surface area contributed by atoms with Gasteiger partial charge in [-0.3, -0.25) is 4.79 Å². The lowest BCUT2D eigenvalue weighted by molar-refractivity contribution is -0.192. The molecule has 1 unspecified atom stereocenters. The number of carboxylic acids is 1. The molecule has 12 heteroatoms. The zero-order valence-electron chi connectivity index (χ0n) is 19.8. The number of carboxylic acid groups (broad SMARTS) is 1. The molecule has 1 N–H and O–H groups in total. The molecule has 2 heterocycles. The molecule has 3 aromatic rings. The zero-order chi connectivity index (χ0) is 27.4. The van der Waals surface area contributed by atoms with Crippen LogP contribution in [0.15, 0.2) is 54.6 Å². The van der Waals surface area contributed by atoms with E-state index in [0.29, 0.717) is 16.8 Å². The Morgan fingerprint density at radius 1 is 1.11 bits per heavy atom. The maximum Gasteiger partial charge on any atom is 0.490 e. The largest absolute Gasteiger partial charge is 0.497 e. The van der Waals surface area contributed by atoms with Crippen molar-refractivity contribution in [3.63, 3.8) is 0 Å². The number of benzene rings is 2. The molecule has 1 aliphatic rings. The number of alkyl halides is 5. The number of fused-ring (bicyclic) bond motifs is 1. The van der Waals surface area contributed by atoms with Gasteiger partial charge in [-0.25, -0.2) is 18.6 Å². The van der Waals surface area contributed by atoms with Crippen LogP contribution in [0.25, 0.3) is 10.9 Å². The lowest BCUT2D eigenvalue weighted by Gasteiger charge is -2.38. The fourth-order valence-electron chi connectivity index (χ4n) is 3.61. The van der Waals surface area contributed by atoms with Crippen molar-refractivity contribution in [2.24, 2.45) is 0 Å². The number of methoxy groups -OCH3 is 1. The number of halogens is 5. The highest BCUT2D eigenvalue weighted by molar-refractivity contribution is 5.95. The second-order valence-corrected chi connectivity index (χ2v) is 8.25. The van der Waals surface area contributed by atoms with Crippen molar-refractivity contribution in [1.29, 1.82) is 0 Å². The van der Waals surface area contributed by atoms with Gasteiger partial charge in [0.1, 0.15) is 5.75 Å². The molecule has 1 amide bonds. The van der Waals surface area contributed by atoms with E-state index in [2.05, 4.69) is 4.98 Å². The number of nitrogens with zero attached hydrogens (tertiary/aromatic N) is 2. The van der Waals surface area contributed by atoms with E-state index in [4.69, 9.17) is 19.4 Å². The predicted octanol–water partition coefficient (Wildman–Crippen LogP) is 5.11. The quantitative estimate of drug-likeness (QED) is 0.475. The summed E-state index contributed by atoms with van der Waals surface area (Å²) in [5.74, 6) is -5.48. The first-order valence-corrected chi connectivity index (χ1v) is 11.0. The summed E-state index contributed by atoms with van der Waals surface area (Å²) in [6.45, 7) is 1.57. The van der Waals surface area contributed by atoms with Gasteiger partial charge in [-0.05, 0) is 42.8 Å². The van der Waals surface area contributed by atoms with Gasteiger partial charge in [0.2, 0.25) is 5.88 Å².